The highest BCUT2D eigenvalue weighted by atomic mass is 35.5. The molecule has 5 nitrogen and oxygen atoms in total. The Hall–Kier alpha value is -1.60. The summed E-state index contributed by atoms with van der Waals surface area (Å²) in [7, 11) is -3.57. The molecule has 2 atom stereocenters. The lowest BCUT2D eigenvalue weighted by atomic mass is 9.97. The number of benzene rings is 2. The van der Waals surface area contributed by atoms with Gasteiger partial charge in [0.2, 0.25) is 15.9 Å². The summed E-state index contributed by atoms with van der Waals surface area (Å²) >= 11 is 11.9. The van der Waals surface area contributed by atoms with Gasteiger partial charge in [0.1, 0.15) is 0 Å². The first kappa shape index (κ1) is 23.1. The molecule has 0 aliphatic carbocycles. The number of hydrogen-bond acceptors (Lipinski definition) is 3. The number of hydrogen-bond donors (Lipinski definition) is 1. The van der Waals surface area contributed by atoms with Crippen molar-refractivity contribution < 1.29 is 13.2 Å². The van der Waals surface area contributed by atoms with Crippen LogP contribution < -0.4 is 5.32 Å². The zero-order valence-electron chi connectivity index (χ0n) is 16.9. The van der Waals surface area contributed by atoms with Crippen LogP contribution in [-0.2, 0) is 20.6 Å². The van der Waals surface area contributed by atoms with E-state index in [9.17, 15) is 13.2 Å². The van der Waals surface area contributed by atoms with E-state index in [0.29, 0.717) is 35.0 Å². The Bertz CT molecular complexity index is 983. The van der Waals surface area contributed by atoms with Crippen molar-refractivity contribution in [3.05, 3.63) is 69.7 Å². The molecule has 2 aromatic rings. The van der Waals surface area contributed by atoms with E-state index in [1.54, 1.807) is 18.2 Å². The molecule has 0 bridgehead atoms. The Morgan fingerprint density at radius 2 is 1.90 bits per heavy atom. The number of sulfonamides is 1. The minimum Gasteiger partial charge on any atom is -0.349 e. The first-order valence-corrected chi connectivity index (χ1v) is 12.4. The van der Waals surface area contributed by atoms with Crippen molar-refractivity contribution in [2.24, 2.45) is 5.92 Å². The van der Waals surface area contributed by atoms with Crippen LogP contribution in [0.2, 0.25) is 10.0 Å². The second kappa shape index (κ2) is 10.1. The van der Waals surface area contributed by atoms with E-state index in [2.05, 4.69) is 5.32 Å². The van der Waals surface area contributed by atoms with Crippen LogP contribution in [0.1, 0.15) is 43.4 Å². The topological polar surface area (TPSA) is 66.5 Å². The summed E-state index contributed by atoms with van der Waals surface area (Å²) < 4.78 is 27.3. The summed E-state index contributed by atoms with van der Waals surface area (Å²) in [5.74, 6) is -0.625. The van der Waals surface area contributed by atoms with Gasteiger partial charge in [-0.3, -0.25) is 4.79 Å². The molecule has 2 aromatic carbocycles. The Labute approximate surface area is 188 Å². The third-order valence-electron chi connectivity index (χ3n) is 5.41. The maximum atomic E-state index is 12.9. The van der Waals surface area contributed by atoms with Crippen molar-refractivity contribution in [3.8, 4) is 0 Å². The Kier molecular flexibility index (Phi) is 7.80. The molecular formula is C22H26Cl2N2O3S. The van der Waals surface area contributed by atoms with Gasteiger partial charge in [-0.2, -0.15) is 0 Å². The van der Waals surface area contributed by atoms with Gasteiger partial charge in [-0.05, 0) is 42.5 Å². The van der Waals surface area contributed by atoms with Gasteiger partial charge in [0.25, 0.3) is 0 Å². The predicted octanol–water partition coefficient (Wildman–Crippen LogP) is 4.80. The molecule has 0 aromatic heterocycles. The van der Waals surface area contributed by atoms with Crippen LogP contribution in [0.3, 0.4) is 0 Å². The molecule has 1 amide bonds. The second-order valence-electron chi connectivity index (χ2n) is 7.58. The fourth-order valence-corrected chi connectivity index (χ4v) is 5.65. The van der Waals surface area contributed by atoms with E-state index in [4.69, 9.17) is 23.2 Å². The molecular weight excluding hydrogens is 443 g/mol. The van der Waals surface area contributed by atoms with Gasteiger partial charge < -0.3 is 5.32 Å². The molecule has 30 heavy (non-hydrogen) atoms. The average Bonchev–Trinajstić information content (AvgIpc) is 2.75. The van der Waals surface area contributed by atoms with E-state index >= 15 is 0 Å². The molecule has 1 aliphatic rings. The minimum absolute atomic E-state index is 0.0816. The van der Waals surface area contributed by atoms with Crippen LogP contribution in [0, 0.1) is 5.92 Å². The van der Waals surface area contributed by atoms with E-state index in [0.717, 1.165) is 12.0 Å². The van der Waals surface area contributed by atoms with Crippen molar-refractivity contribution >= 4 is 39.1 Å². The summed E-state index contributed by atoms with van der Waals surface area (Å²) in [5.41, 5.74) is 1.62. The van der Waals surface area contributed by atoms with Gasteiger partial charge in [-0.1, -0.05) is 66.5 Å². The Morgan fingerprint density at radius 3 is 2.57 bits per heavy atom. The fourth-order valence-electron chi connectivity index (χ4n) is 3.74. The maximum absolute atomic E-state index is 12.9. The van der Waals surface area contributed by atoms with Crippen LogP contribution in [-0.4, -0.2) is 31.7 Å². The van der Waals surface area contributed by atoms with E-state index in [1.807, 2.05) is 37.3 Å². The zero-order chi connectivity index (χ0) is 21.7. The third kappa shape index (κ3) is 5.76. The van der Waals surface area contributed by atoms with Crippen LogP contribution in [0.25, 0.3) is 0 Å². The number of carbonyl (C=O) groups excluding carboxylic acids is 1. The second-order valence-corrected chi connectivity index (χ2v) is 10.4. The summed E-state index contributed by atoms with van der Waals surface area (Å²) in [6, 6.07) is 14.6. The maximum Gasteiger partial charge on any atom is 0.224 e. The van der Waals surface area contributed by atoms with Crippen molar-refractivity contribution in [3.63, 3.8) is 0 Å². The lowest BCUT2D eigenvalue weighted by Crippen LogP contribution is -2.46. The molecule has 0 radical (unpaired) electrons. The lowest BCUT2D eigenvalue weighted by Gasteiger charge is -2.32. The summed E-state index contributed by atoms with van der Waals surface area (Å²) in [4.78, 5) is 12.9. The number of nitrogens with zero attached hydrogens (tertiary/aromatic N) is 1. The highest BCUT2D eigenvalue weighted by Gasteiger charge is 2.33. The van der Waals surface area contributed by atoms with Crippen molar-refractivity contribution in [1.82, 2.24) is 9.62 Å². The molecule has 0 unspecified atom stereocenters. The predicted molar refractivity (Wildman–Crippen MR) is 121 cm³/mol. The molecule has 1 saturated heterocycles. The summed E-state index contributed by atoms with van der Waals surface area (Å²) in [6.45, 7) is 2.64. The van der Waals surface area contributed by atoms with Gasteiger partial charge in [0.05, 0.1) is 27.8 Å². The van der Waals surface area contributed by atoms with Gasteiger partial charge >= 0.3 is 0 Å². The first-order chi connectivity index (χ1) is 14.3. The number of carbonyl (C=O) groups is 1. The SMILES string of the molecule is CC[C@H](NC(=O)[C@H]1CCCN(S(=O)(=O)Cc2ccc(Cl)c(Cl)c2)C1)c1ccccc1. The highest BCUT2D eigenvalue weighted by Crippen LogP contribution is 2.26. The summed E-state index contributed by atoms with van der Waals surface area (Å²) in [6.07, 6.45) is 2.10. The average molecular weight is 469 g/mol. The number of halogens is 2. The van der Waals surface area contributed by atoms with Gasteiger partial charge in [0.15, 0.2) is 0 Å². The van der Waals surface area contributed by atoms with E-state index < -0.39 is 10.0 Å². The van der Waals surface area contributed by atoms with Crippen molar-refractivity contribution in [2.75, 3.05) is 13.1 Å². The van der Waals surface area contributed by atoms with Crippen LogP contribution in [0.5, 0.6) is 0 Å². The largest absolute Gasteiger partial charge is 0.349 e. The molecule has 1 aliphatic heterocycles. The van der Waals surface area contributed by atoms with Crippen LogP contribution in [0.15, 0.2) is 48.5 Å². The van der Waals surface area contributed by atoms with Gasteiger partial charge in [0, 0.05) is 13.1 Å². The molecule has 8 heteroatoms. The molecule has 3 rings (SSSR count). The van der Waals surface area contributed by atoms with Crippen molar-refractivity contribution in [2.45, 2.75) is 38.0 Å². The Balaban J connectivity index is 1.66. The minimum atomic E-state index is -3.57. The normalized spacial score (nSPS) is 18.7. The lowest BCUT2D eigenvalue weighted by molar-refractivity contribution is -0.126. The molecule has 1 fully saturated rings. The number of nitrogens with one attached hydrogen (secondary N) is 1. The third-order valence-corrected chi connectivity index (χ3v) is 7.96. The van der Waals surface area contributed by atoms with E-state index in [-0.39, 0.29) is 30.2 Å². The number of piperidine rings is 1. The molecule has 1 N–H and O–H groups in total. The number of rotatable bonds is 7. The van der Waals surface area contributed by atoms with Crippen LogP contribution >= 0.6 is 23.2 Å². The molecule has 0 spiro atoms. The fraction of sp³-hybridized carbons (Fsp3) is 0.409. The first-order valence-electron chi connectivity index (χ1n) is 10.1. The molecule has 1 heterocycles. The van der Waals surface area contributed by atoms with E-state index in [1.165, 1.54) is 4.31 Å². The monoisotopic (exact) mass is 468 g/mol. The van der Waals surface area contributed by atoms with Gasteiger partial charge in [-0.15, -0.1) is 0 Å². The Morgan fingerprint density at radius 1 is 1.17 bits per heavy atom. The molecule has 162 valence electrons. The number of amides is 1. The standard InChI is InChI=1S/C22H26Cl2N2O3S/c1-2-21(17-7-4-3-5-8-17)25-22(27)18-9-6-12-26(14-18)30(28,29)15-16-10-11-19(23)20(24)13-16/h3-5,7-8,10-11,13,18,21H,2,6,9,12,14-15H2,1H3,(H,25,27)/t18-,21-/m0/s1. The van der Waals surface area contributed by atoms with Crippen molar-refractivity contribution in [1.29, 1.82) is 0 Å². The van der Waals surface area contributed by atoms with Crippen LogP contribution in [0.4, 0.5) is 0 Å². The molecule has 0 saturated carbocycles. The summed E-state index contributed by atoms with van der Waals surface area (Å²) in [5, 5.41) is 3.81. The highest BCUT2D eigenvalue weighted by molar-refractivity contribution is 7.88. The zero-order valence-corrected chi connectivity index (χ0v) is 19.2. The quantitative estimate of drug-likeness (QED) is 0.634. The smallest absolute Gasteiger partial charge is 0.224 e. The van der Waals surface area contributed by atoms with Gasteiger partial charge in [-0.25, -0.2) is 12.7 Å².